The van der Waals surface area contributed by atoms with E-state index in [4.69, 9.17) is 11.6 Å². The fraction of sp³-hybridized carbons (Fsp3) is 0.250. The summed E-state index contributed by atoms with van der Waals surface area (Å²) in [5.74, 6) is 0.802. The van der Waals surface area contributed by atoms with Crippen molar-refractivity contribution in [3.05, 3.63) is 69.1 Å². The van der Waals surface area contributed by atoms with E-state index in [0.717, 1.165) is 10.9 Å². The summed E-state index contributed by atoms with van der Waals surface area (Å²) in [4.78, 5) is 0. The van der Waals surface area contributed by atoms with Gasteiger partial charge < -0.3 is 0 Å². The van der Waals surface area contributed by atoms with E-state index >= 15 is 0 Å². The second-order valence-electron chi connectivity index (χ2n) is 4.83. The zero-order valence-corrected chi connectivity index (χ0v) is 10.7. The van der Waals surface area contributed by atoms with Crippen molar-refractivity contribution in [1.29, 1.82) is 0 Å². The van der Waals surface area contributed by atoms with Crippen molar-refractivity contribution in [2.75, 3.05) is 0 Å². The van der Waals surface area contributed by atoms with E-state index < -0.39 is 0 Å². The van der Waals surface area contributed by atoms with Crippen LogP contribution >= 0.6 is 11.6 Å². The van der Waals surface area contributed by atoms with Crippen LogP contribution in [0.4, 0.5) is 0 Å². The molecule has 1 aromatic rings. The van der Waals surface area contributed by atoms with E-state index in [9.17, 15) is 0 Å². The third-order valence-electron chi connectivity index (χ3n) is 3.71. The van der Waals surface area contributed by atoms with Crippen LogP contribution in [0.15, 0.2) is 42.5 Å². The van der Waals surface area contributed by atoms with Gasteiger partial charge in [0, 0.05) is 10.2 Å². The molecular formula is C16H15Cl. The molecule has 4 rings (SSSR count). The topological polar surface area (TPSA) is 0 Å². The highest BCUT2D eigenvalue weighted by Gasteiger charge is 2.16. The van der Waals surface area contributed by atoms with Gasteiger partial charge in [-0.1, -0.05) is 54.9 Å². The fourth-order valence-electron chi connectivity index (χ4n) is 2.51. The van der Waals surface area contributed by atoms with Crippen LogP contribution in [0, 0.1) is 10.4 Å². The van der Waals surface area contributed by atoms with Crippen molar-refractivity contribution < 1.29 is 0 Å². The Morgan fingerprint density at radius 1 is 1.12 bits per heavy atom. The van der Waals surface area contributed by atoms with Crippen LogP contribution in [0.5, 0.6) is 0 Å². The monoisotopic (exact) mass is 242 g/mol. The van der Waals surface area contributed by atoms with Crippen LogP contribution in [0.1, 0.15) is 30.4 Å². The highest BCUT2D eigenvalue weighted by atomic mass is 35.5. The van der Waals surface area contributed by atoms with Crippen molar-refractivity contribution in [2.45, 2.75) is 25.7 Å². The lowest BCUT2D eigenvalue weighted by Crippen LogP contribution is -1.84. The highest BCUT2D eigenvalue weighted by Crippen LogP contribution is 2.31. The molecule has 0 saturated carbocycles. The van der Waals surface area contributed by atoms with Crippen molar-refractivity contribution in [3.8, 4) is 0 Å². The van der Waals surface area contributed by atoms with Gasteiger partial charge in [0.15, 0.2) is 0 Å². The van der Waals surface area contributed by atoms with Gasteiger partial charge in [-0.25, -0.2) is 0 Å². The molecule has 86 valence electrons. The third-order valence-corrected chi connectivity index (χ3v) is 4.03. The molecule has 3 aliphatic carbocycles. The second-order valence-corrected chi connectivity index (χ2v) is 5.24. The van der Waals surface area contributed by atoms with Gasteiger partial charge in [-0.15, -0.1) is 0 Å². The minimum absolute atomic E-state index is 0.802. The minimum Gasteiger partial charge on any atom is -0.0836 e. The Labute approximate surface area is 107 Å². The maximum Gasteiger partial charge on any atom is 0.0490 e. The average molecular weight is 243 g/mol. The summed E-state index contributed by atoms with van der Waals surface area (Å²) in [5, 5.41) is 3.46. The maximum absolute atomic E-state index is 5.60. The van der Waals surface area contributed by atoms with Crippen LogP contribution in [0.25, 0.3) is 0 Å². The molecule has 3 aliphatic rings. The van der Waals surface area contributed by atoms with Gasteiger partial charge in [0.05, 0.1) is 0 Å². The molecule has 1 unspecified atom stereocenters. The molecule has 1 aromatic carbocycles. The summed E-state index contributed by atoms with van der Waals surface area (Å²) in [5.41, 5.74) is 3.14. The van der Waals surface area contributed by atoms with Crippen molar-refractivity contribution in [2.24, 2.45) is 0 Å². The smallest absolute Gasteiger partial charge is 0.0490 e. The van der Waals surface area contributed by atoms with Crippen LogP contribution in [-0.4, -0.2) is 0 Å². The van der Waals surface area contributed by atoms with Gasteiger partial charge in [-0.2, -0.15) is 0 Å². The number of fused-ring (bicyclic) bond motifs is 1. The zero-order valence-electron chi connectivity index (χ0n) is 9.91. The van der Waals surface area contributed by atoms with E-state index in [-0.39, 0.29) is 0 Å². The second kappa shape index (κ2) is 4.19. The lowest BCUT2D eigenvalue weighted by atomic mass is 10.0. The van der Waals surface area contributed by atoms with Gasteiger partial charge in [0.1, 0.15) is 0 Å². The summed E-state index contributed by atoms with van der Waals surface area (Å²) in [6.45, 7) is 2.31. The lowest BCUT2D eigenvalue weighted by molar-refractivity contribution is 0.747. The number of hydrogen-bond acceptors (Lipinski definition) is 0. The van der Waals surface area contributed by atoms with E-state index in [1.807, 2.05) is 12.1 Å². The molecule has 0 aliphatic heterocycles. The van der Waals surface area contributed by atoms with E-state index in [2.05, 4.69) is 37.3 Å². The molecule has 0 aromatic heterocycles. The summed E-state index contributed by atoms with van der Waals surface area (Å²) in [7, 11) is 0. The number of aryl methyl sites for hydroxylation is 1. The molecule has 0 amide bonds. The molecule has 17 heavy (non-hydrogen) atoms. The molecule has 0 heterocycles. The SMILES string of the molecule is CC1CCc2ccccc21.Clc1cc2ccc1=2. The van der Waals surface area contributed by atoms with E-state index in [0.29, 0.717) is 0 Å². The molecule has 0 radical (unpaired) electrons. The van der Waals surface area contributed by atoms with Crippen LogP contribution < -0.4 is 0 Å². The average Bonchev–Trinajstić information content (AvgIpc) is 2.69. The Kier molecular flexibility index (Phi) is 2.68. The Bertz CT molecular complexity index is 643. The minimum atomic E-state index is 0.802. The predicted octanol–water partition coefficient (Wildman–Crippen LogP) is 4.68. The molecule has 1 heteroatoms. The van der Waals surface area contributed by atoms with Crippen LogP contribution in [0.3, 0.4) is 0 Å². The van der Waals surface area contributed by atoms with Gasteiger partial charge in [0.25, 0.3) is 0 Å². The van der Waals surface area contributed by atoms with Crippen molar-refractivity contribution in [3.63, 3.8) is 0 Å². The summed E-state index contributed by atoms with van der Waals surface area (Å²) in [6.07, 6.45) is 2.64. The number of halogens is 1. The fourth-order valence-corrected chi connectivity index (χ4v) is 2.80. The Morgan fingerprint density at radius 3 is 2.41 bits per heavy atom. The zero-order chi connectivity index (χ0) is 11.8. The molecule has 0 saturated heterocycles. The molecular weight excluding hydrogens is 228 g/mol. The Morgan fingerprint density at radius 2 is 1.94 bits per heavy atom. The molecule has 0 nitrogen and oxygen atoms in total. The number of rotatable bonds is 0. The number of benzene rings is 2. The van der Waals surface area contributed by atoms with Crippen LogP contribution in [0.2, 0.25) is 5.02 Å². The van der Waals surface area contributed by atoms with Gasteiger partial charge in [0.2, 0.25) is 0 Å². The molecule has 0 bridgehead atoms. The van der Waals surface area contributed by atoms with Gasteiger partial charge in [-0.3, -0.25) is 0 Å². The molecule has 0 fully saturated rings. The maximum atomic E-state index is 5.60. The molecule has 1 atom stereocenters. The summed E-state index contributed by atoms with van der Waals surface area (Å²) in [6, 6.07) is 14.8. The summed E-state index contributed by atoms with van der Waals surface area (Å²) >= 11 is 5.60. The third kappa shape index (κ3) is 1.87. The van der Waals surface area contributed by atoms with Crippen molar-refractivity contribution >= 4 is 11.6 Å². The lowest BCUT2D eigenvalue weighted by Gasteiger charge is -2.01. The first-order chi connectivity index (χ1) is 8.25. The summed E-state index contributed by atoms with van der Waals surface area (Å²) < 4.78 is 0. The predicted molar refractivity (Wildman–Crippen MR) is 72.3 cm³/mol. The highest BCUT2D eigenvalue weighted by molar-refractivity contribution is 6.31. The van der Waals surface area contributed by atoms with Gasteiger partial charge >= 0.3 is 0 Å². The van der Waals surface area contributed by atoms with Crippen molar-refractivity contribution in [1.82, 2.24) is 0 Å². The van der Waals surface area contributed by atoms with Gasteiger partial charge in [-0.05, 0) is 41.2 Å². The first-order valence-electron chi connectivity index (χ1n) is 6.13. The molecule has 0 N–H and O–H groups in total. The van der Waals surface area contributed by atoms with Crippen LogP contribution in [-0.2, 0) is 6.42 Å². The normalized spacial score (nSPS) is 18.1. The largest absolute Gasteiger partial charge is 0.0836 e. The quantitative estimate of drug-likeness (QED) is 0.537. The molecule has 0 spiro atoms. The Balaban J connectivity index is 0.000000113. The van der Waals surface area contributed by atoms with E-state index in [1.165, 1.54) is 23.3 Å². The van der Waals surface area contributed by atoms with E-state index in [1.54, 1.807) is 11.1 Å². The first-order valence-corrected chi connectivity index (χ1v) is 6.51. The number of hydrogen-bond donors (Lipinski definition) is 0. The Hall–Kier alpha value is -1.27. The first kappa shape index (κ1) is 10.9. The standard InChI is InChI=1S/C10H12.C6H3Cl/c1-8-6-7-9-4-2-3-5-10(8)9;7-6-3-4-1-2-5(4)6/h2-5,8H,6-7H2,1H3;1-3H.